The molecule has 0 aliphatic carbocycles. The van der Waals surface area contributed by atoms with Crippen molar-refractivity contribution in [2.75, 3.05) is 17.9 Å². The number of ether oxygens (including phenoxy) is 3. The maximum Gasteiger partial charge on any atom is 0.340 e. The van der Waals surface area contributed by atoms with Crippen molar-refractivity contribution in [3.8, 4) is 11.5 Å². The van der Waals surface area contributed by atoms with Gasteiger partial charge >= 0.3 is 5.97 Å². The smallest absolute Gasteiger partial charge is 0.340 e. The van der Waals surface area contributed by atoms with E-state index in [-0.39, 0.29) is 23.0 Å². The molecule has 8 nitrogen and oxygen atoms in total. The van der Waals surface area contributed by atoms with E-state index in [4.69, 9.17) is 14.2 Å². The molecule has 0 bridgehead atoms. The fourth-order valence-electron chi connectivity index (χ4n) is 2.56. The predicted octanol–water partition coefficient (Wildman–Crippen LogP) is 2.39. The molecule has 0 saturated heterocycles. The Bertz CT molecular complexity index is 1020. The second kappa shape index (κ2) is 7.89. The first-order valence-electron chi connectivity index (χ1n) is 8.55. The SMILES string of the molecule is CCS(=O)(=O)c1ccccc1C(=O)O[C@H](C)C(=O)Nc1ccc2c(c1)OCO2. The average molecular weight is 405 g/mol. The number of esters is 1. The van der Waals surface area contributed by atoms with Crippen molar-refractivity contribution in [3.05, 3.63) is 48.0 Å². The molecule has 1 heterocycles. The molecule has 9 heteroatoms. The Kier molecular flexibility index (Phi) is 5.55. The number of hydrogen-bond acceptors (Lipinski definition) is 7. The zero-order chi connectivity index (χ0) is 20.3. The Morgan fingerprint density at radius 1 is 1.14 bits per heavy atom. The molecule has 3 rings (SSSR count). The summed E-state index contributed by atoms with van der Waals surface area (Å²) in [5, 5.41) is 2.61. The molecule has 0 unspecified atom stereocenters. The highest BCUT2D eigenvalue weighted by Gasteiger charge is 2.25. The molecule has 1 atom stereocenters. The third kappa shape index (κ3) is 4.09. The summed E-state index contributed by atoms with van der Waals surface area (Å²) < 4.78 is 40.0. The summed E-state index contributed by atoms with van der Waals surface area (Å²) in [6.07, 6.45) is -1.14. The highest BCUT2D eigenvalue weighted by molar-refractivity contribution is 7.91. The van der Waals surface area contributed by atoms with Gasteiger partial charge in [0.15, 0.2) is 27.4 Å². The van der Waals surface area contributed by atoms with Crippen molar-refractivity contribution in [1.29, 1.82) is 0 Å². The molecule has 0 aromatic heterocycles. The summed E-state index contributed by atoms with van der Waals surface area (Å²) in [4.78, 5) is 24.7. The van der Waals surface area contributed by atoms with Crippen LogP contribution >= 0.6 is 0 Å². The summed E-state index contributed by atoms with van der Waals surface area (Å²) in [5.74, 6) is -0.534. The van der Waals surface area contributed by atoms with E-state index in [1.54, 1.807) is 18.2 Å². The van der Waals surface area contributed by atoms with E-state index in [1.807, 2.05) is 0 Å². The third-order valence-electron chi connectivity index (χ3n) is 4.12. The third-order valence-corrected chi connectivity index (χ3v) is 5.90. The number of amides is 1. The number of carbonyl (C=O) groups excluding carboxylic acids is 2. The molecular formula is C19H19NO7S. The lowest BCUT2D eigenvalue weighted by Crippen LogP contribution is -2.30. The van der Waals surface area contributed by atoms with Gasteiger partial charge in [0.25, 0.3) is 5.91 Å². The van der Waals surface area contributed by atoms with Crippen molar-refractivity contribution in [2.24, 2.45) is 0 Å². The molecule has 1 aliphatic heterocycles. The molecule has 1 N–H and O–H groups in total. The molecule has 2 aromatic carbocycles. The Morgan fingerprint density at radius 3 is 2.61 bits per heavy atom. The number of hydrogen-bond donors (Lipinski definition) is 1. The lowest BCUT2D eigenvalue weighted by Gasteiger charge is -2.15. The Morgan fingerprint density at radius 2 is 1.86 bits per heavy atom. The van der Waals surface area contributed by atoms with Gasteiger partial charge in [-0.3, -0.25) is 4.79 Å². The minimum absolute atomic E-state index is 0.105. The van der Waals surface area contributed by atoms with E-state index in [9.17, 15) is 18.0 Å². The van der Waals surface area contributed by atoms with Gasteiger partial charge in [-0.25, -0.2) is 13.2 Å². The van der Waals surface area contributed by atoms with Crippen LogP contribution in [0.25, 0.3) is 0 Å². The van der Waals surface area contributed by atoms with Gasteiger partial charge in [0.05, 0.1) is 16.2 Å². The zero-order valence-corrected chi connectivity index (χ0v) is 16.1. The van der Waals surface area contributed by atoms with E-state index < -0.39 is 27.8 Å². The summed E-state index contributed by atoms with van der Waals surface area (Å²) >= 11 is 0. The number of carbonyl (C=O) groups is 2. The fraction of sp³-hybridized carbons (Fsp3) is 0.263. The molecule has 148 valence electrons. The van der Waals surface area contributed by atoms with Gasteiger partial charge in [-0.1, -0.05) is 19.1 Å². The van der Waals surface area contributed by atoms with Crippen molar-refractivity contribution in [3.63, 3.8) is 0 Å². The van der Waals surface area contributed by atoms with E-state index in [0.717, 1.165) is 0 Å². The van der Waals surface area contributed by atoms with Crippen LogP contribution in [-0.4, -0.2) is 38.9 Å². The van der Waals surface area contributed by atoms with Crippen LogP contribution < -0.4 is 14.8 Å². The van der Waals surface area contributed by atoms with E-state index >= 15 is 0 Å². The second-order valence-corrected chi connectivity index (χ2v) is 8.25. The van der Waals surface area contributed by atoms with Crippen LogP contribution in [0.5, 0.6) is 11.5 Å². The molecular weight excluding hydrogens is 386 g/mol. The van der Waals surface area contributed by atoms with Crippen LogP contribution in [0.15, 0.2) is 47.4 Å². The van der Waals surface area contributed by atoms with Crippen molar-refractivity contribution >= 4 is 27.4 Å². The first kappa shape index (κ1) is 19.7. The lowest BCUT2D eigenvalue weighted by molar-refractivity contribution is -0.123. The molecule has 0 radical (unpaired) electrons. The molecule has 1 aliphatic rings. The van der Waals surface area contributed by atoms with Gasteiger partial charge in [-0.05, 0) is 31.2 Å². The van der Waals surface area contributed by atoms with Crippen LogP contribution in [0, 0.1) is 0 Å². The van der Waals surface area contributed by atoms with Crippen molar-refractivity contribution in [2.45, 2.75) is 24.8 Å². The van der Waals surface area contributed by atoms with Crippen molar-refractivity contribution in [1.82, 2.24) is 0 Å². The Balaban J connectivity index is 1.70. The van der Waals surface area contributed by atoms with Crippen LogP contribution in [0.3, 0.4) is 0 Å². The molecule has 0 spiro atoms. The highest BCUT2D eigenvalue weighted by atomic mass is 32.2. The molecule has 0 saturated carbocycles. The number of anilines is 1. The quantitative estimate of drug-likeness (QED) is 0.735. The lowest BCUT2D eigenvalue weighted by atomic mass is 10.2. The van der Waals surface area contributed by atoms with Crippen LogP contribution in [0.2, 0.25) is 0 Å². The molecule has 2 aromatic rings. The van der Waals surface area contributed by atoms with E-state index in [0.29, 0.717) is 17.2 Å². The van der Waals surface area contributed by atoms with Crippen LogP contribution in [0.1, 0.15) is 24.2 Å². The summed E-state index contributed by atoms with van der Waals surface area (Å²) in [6.45, 7) is 3.00. The minimum atomic E-state index is -3.61. The predicted molar refractivity (Wildman–Crippen MR) is 100 cm³/mol. The first-order valence-corrected chi connectivity index (χ1v) is 10.2. The summed E-state index contributed by atoms with van der Waals surface area (Å²) in [7, 11) is -3.61. The van der Waals surface area contributed by atoms with Gasteiger partial charge in [0.1, 0.15) is 0 Å². The number of sulfone groups is 1. The van der Waals surface area contributed by atoms with Gasteiger partial charge in [-0.2, -0.15) is 0 Å². The molecule has 0 fully saturated rings. The standard InChI is InChI=1S/C19H19NO7S/c1-3-28(23,24)17-7-5-4-6-14(17)19(22)27-12(2)18(21)20-13-8-9-15-16(10-13)26-11-25-15/h4-10,12H,3,11H2,1-2H3,(H,20,21)/t12-/m1/s1. The van der Waals surface area contributed by atoms with Gasteiger partial charge in [-0.15, -0.1) is 0 Å². The number of fused-ring (bicyclic) bond motifs is 1. The second-order valence-electron chi connectivity index (χ2n) is 6.00. The van der Waals surface area contributed by atoms with Gasteiger partial charge in [0, 0.05) is 11.8 Å². The monoisotopic (exact) mass is 405 g/mol. The first-order chi connectivity index (χ1) is 13.3. The van der Waals surface area contributed by atoms with Gasteiger partial charge < -0.3 is 19.5 Å². The maximum atomic E-state index is 12.4. The highest BCUT2D eigenvalue weighted by Crippen LogP contribution is 2.34. The topological polar surface area (TPSA) is 108 Å². The normalized spacial score (nSPS) is 13.6. The fourth-order valence-corrected chi connectivity index (χ4v) is 3.64. The molecule has 1 amide bonds. The van der Waals surface area contributed by atoms with E-state index in [2.05, 4.69) is 5.32 Å². The minimum Gasteiger partial charge on any atom is -0.454 e. The molecule has 28 heavy (non-hydrogen) atoms. The maximum absolute atomic E-state index is 12.4. The number of nitrogens with one attached hydrogen (secondary N) is 1. The number of rotatable bonds is 6. The van der Waals surface area contributed by atoms with E-state index in [1.165, 1.54) is 38.1 Å². The Labute approximate surface area is 162 Å². The number of benzene rings is 2. The van der Waals surface area contributed by atoms with Crippen molar-refractivity contribution < 1.29 is 32.2 Å². The van der Waals surface area contributed by atoms with Crippen LogP contribution in [0.4, 0.5) is 5.69 Å². The van der Waals surface area contributed by atoms with Gasteiger partial charge in [0.2, 0.25) is 6.79 Å². The average Bonchev–Trinajstić information content (AvgIpc) is 3.15. The van der Waals surface area contributed by atoms with Crippen LogP contribution in [-0.2, 0) is 19.4 Å². The largest absolute Gasteiger partial charge is 0.454 e. The summed E-state index contributed by atoms with van der Waals surface area (Å²) in [6, 6.07) is 10.6. The summed E-state index contributed by atoms with van der Waals surface area (Å²) in [5.41, 5.74) is 0.346. The Hall–Kier alpha value is -3.07. The zero-order valence-electron chi connectivity index (χ0n) is 15.3.